The van der Waals surface area contributed by atoms with E-state index in [0.717, 1.165) is 16.2 Å². The molecule has 0 aliphatic carbocycles. The van der Waals surface area contributed by atoms with Gasteiger partial charge in [-0.1, -0.05) is 13.0 Å². The molecule has 0 aliphatic rings. The SMILES string of the molecule is CCS(O)=[N+](C#N)Cc1ccc(C(F)(F)F)nc1. The number of alkyl halides is 3. The van der Waals surface area contributed by atoms with Gasteiger partial charge in [-0.3, -0.25) is 4.98 Å². The molecule has 0 amide bonds. The molecule has 0 radical (unpaired) electrons. The minimum Gasteiger partial charge on any atom is -0.306 e. The van der Waals surface area contributed by atoms with Gasteiger partial charge in [0.25, 0.3) is 0 Å². The van der Waals surface area contributed by atoms with E-state index in [-0.39, 0.29) is 6.54 Å². The predicted octanol–water partition coefficient (Wildman–Crippen LogP) is 2.39. The van der Waals surface area contributed by atoms with E-state index in [1.807, 2.05) is 0 Å². The second kappa shape index (κ2) is 5.93. The lowest BCUT2D eigenvalue weighted by molar-refractivity contribution is -0.433. The highest BCUT2D eigenvalue weighted by Gasteiger charge is 2.32. The van der Waals surface area contributed by atoms with Crippen molar-refractivity contribution >= 4 is 11.0 Å². The van der Waals surface area contributed by atoms with E-state index < -0.39 is 22.8 Å². The average Bonchev–Trinajstić information content (AvgIpc) is 2.34. The van der Waals surface area contributed by atoms with Gasteiger partial charge in [0.2, 0.25) is 0 Å². The average molecular weight is 278 g/mol. The lowest BCUT2D eigenvalue weighted by Gasteiger charge is -2.06. The van der Waals surface area contributed by atoms with Crippen LogP contribution in [0.3, 0.4) is 0 Å². The summed E-state index contributed by atoms with van der Waals surface area (Å²) in [5, 5.41) is 8.80. The topological polar surface area (TPSA) is 59.9 Å². The van der Waals surface area contributed by atoms with Crippen LogP contribution < -0.4 is 0 Å². The van der Waals surface area contributed by atoms with Gasteiger partial charge in [0, 0.05) is 17.5 Å². The van der Waals surface area contributed by atoms with Crippen molar-refractivity contribution in [3.63, 3.8) is 0 Å². The Labute approximate surface area is 105 Å². The molecule has 8 heteroatoms. The van der Waals surface area contributed by atoms with Crippen LogP contribution in [0.25, 0.3) is 0 Å². The van der Waals surface area contributed by atoms with Gasteiger partial charge in [0.15, 0.2) is 5.26 Å². The summed E-state index contributed by atoms with van der Waals surface area (Å²) in [6.07, 6.45) is -1.63. The highest BCUT2D eigenvalue weighted by atomic mass is 32.2. The molecule has 0 aliphatic heterocycles. The summed E-state index contributed by atoms with van der Waals surface area (Å²) in [5.41, 5.74) is -0.544. The van der Waals surface area contributed by atoms with Crippen LogP contribution in [-0.2, 0) is 23.7 Å². The standard InChI is InChI=1S/C10H10F3N3OS/c1-2-18(17)16(7-14)6-8-3-4-9(15-5-8)10(11,12)13/h3-5H,2,6H2,1H3/p+1. The van der Waals surface area contributed by atoms with Crippen molar-refractivity contribution in [1.82, 2.24) is 4.98 Å². The van der Waals surface area contributed by atoms with E-state index in [4.69, 9.17) is 5.26 Å². The van der Waals surface area contributed by atoms with Crippen molar-refractivity contribution in [1.29, 1.82) is 5.26 Å². The van der Waals surface area contributed by atoms with Gasteiger partial charge in [-0.05, 0) is 6.07 Å². The first-order valence-electron chi connectivity index (χ1n) is 4.98. The third kappa shape index (κ3) is 3.78. The minimum atomic E-state index is -4.47. The largest absolute Gasteiger partial charge is 0.467 e. The highest BCUT2D eigenvalue weighted by molar-refractivity contribution is 7.79. The maximum absolute atomic E-state index is 12.3. The molecule has 1 heterocycles. The Kier molecular flexibility index (Phi) is 4.81. The fraction of sp³-hybridized carbons (Fsp3) is 0.400. The van der Waals surface area contributed by atoms with Gasteiger partial charge in [0.05, 0.1) is 0 Å². The summed E-state index contributed by atoms with van der Waals surface area (Å²) in [7, 11) is -1.22. The molecule has 1 N–H and O–H groups in total. The molecule has 18 heavy (non-hydrogen) atoms. The summed E-state index contributed by atoms with van der Waals surface area (Å²) >= 11 is 0. The third-order valence-corrected chi connectivity index (χ3v) is 3.30. The van der Waals surface area contributed by atoms with Gasteiger partial charge in [0.1, 0.15) is 23.2 Å². The molecular weight excluding hydrogens is 267 g/mol. The van der Waals surface area contributed by atoms with Crippen LogP contribution in [0.4, 0.5) is 13.2 Å². The van der Waals surface area contributed by atoms with Crippen LogP contribution >= 0.6 is 0 Å². The quantitative estimate of drug-likeness (QED) is 0.524. The third-order valence-electron chi connectivity index (χ3n) is 2.07. The molecule has 1 atom stereocenters. The van der Waals surface area contributed by atoms with Crippen molar-refractivity contribution in [2.24, 2.45) is 0 Å². The van der Waals surface area contributed by atoms with Crippen molar-refractivity contribution < 1.29 is 21.7 Å². The Bertz CT molecular complexity index is 491. The molecule has 4 nitrogen and oxygen atoms in total. The first kappa shape index (κ1) is 14.6. The Morgan fingerprint density at radius 1 is 1.50 bits per heavy atom. The summed E-state index contributed by atoms with van der Waals surface area (Å²) in [5.74, 6) is 0.377. The van der Waals surface area contributed by atoms with E-state index in [1.54, 1.807) is 13.1 Å². The maximum atomic E-state index is 12.3. The molecule has 1 aromatic heterocycles. The molecule has 0 fully saturated rings. The van der Waals surface area contributed by atoms with E-state index >= 15 is 0 Å². The van der Waals surface area contributed by atoms with Crippen LogP contribution in [0.2, 0.25) is 0 Å². The van der Waals surface area contributed by atoms with Crippen molar-refractivity contribution in [3.8, 4) is 6.19 Å². The maximum Gasteiger partial charge on any atom is 0.467 e. The number of rotatable bonds is 3. The van der Waals surface area contributed by atoms with Crippen LogP contribution in [0.1, 0.15) is 18.2 Å². The Morgan fingerprint density at radius 3 is 2.56 bits per heavy atom. The molecule has 0 saturated heterocycles. The zero-order valence-electron chi connectivity index (χ0n) is 9.48. The predicted molar refractivity (Wildman–Crippen MR) is 59.4 cm³/mol. The van der Waals surface area contributed by atoms with Crippen molar-refractivity contribution in [2.75, 3.05) is 5.75 Å². The first-order chi connectivity index (χ1) is 8.38. The smallest absolute Gasteiger partial charge is 0.306 e. The summed E-state index contributed by atoms with van der Waals surface area (Å²) in [4.78, 5) is 3.28. The Hall–Kier alpha value is -1.46. The molecular formula is C10H11F3N3OS+. The minimum absolute atomic E-state index is 0.0368. The van der Waals surface area contributed by atoms with E-state index in [9.17, 15) is 17.7 Å². The van der Waals surface area contributed by atoms with Gasteiger partial charge in [-0.2, -0.15) is 13.2 Å². The first-order valence-corrected chi connectivity index (χ1v) is 6.28. The van der Waals surface area contributed by atoms with Crippen LogP contribution in [0, 0.1) is 11.5 Å². The Balaban J connectivity index is 2.92. The fourth-order valence-corrected chi connectivity index (χ4v) is 1.87. The van der Waals surface area contributed by atoms with Crippen LogP contribution in [-0.4, -0.2) is 19.2 Å². The number of nitriles is 1. The normalized spacial score (nSPS) is 13.9. The number of pyridine rings is 1. The summed E-state index contributed by atoms with van der Waals surface area (Å²) in [6.45, 7) is 1.74. The lowest BCUT2D eigenvalue weighted by Crippen LogP contribution is -2.13. The zero-order chi connectivity index (χ0) is 13.8. The summed E-state index contributed by atoms with van der Waals surface area (Å²) in [6, 6.07) is 2.10. The molecule has 98 valence electrons. The lowest BCUT2D eigenvalue weighted by atomic mass is 10.2. The van der Waals surface area contributed by atoms with E-state index in [1.165, 1.54) is 6.07 Å². The highest BCUT2D eigenvalue weighted by Crippen LogP contribution is 2.27. The second-order valence-electron chi connectivity index (χ2n) is 3.31. The van der Waals surface area contributed by atoms with Gasteiger partial charge >= 0.3 is 12.4 Å². The molecule has 1 unspecified atom stereocenters. The van der Waals surface area contributed by atoms with Crippen LogP contribution in [0.15, 0.2) is 18.3 Å². The van der Waals surface area contributed by atoms with Gasteiger partial charge in [-0.15, -0.1) is 3.95 Å². The van der Waals surface area contributed by atoms with Crippen molar-refractivity contribution in [2.45, 2.75) is 19.6 Å². The number of aromatic nitrogens is 1. The molecule has 0 aromatic carbocycles. The van der Waals surface area contributed by atoms with Crippen molar-refractivity contribution in [3.05, 3.63) is 29.6 Å². The number of nitrogens with zero attached hydrogens (tertiary/aromatic N) is 3. The number of hydrogen-bond donors (Lipinski definition) is 1. The van der Waals surface area contributed by atoms with E-state index in [2.05, 4.69) is 4.98 Å². The van der Waals surface area contributed by atoms with E-state index in [0.29, 0.717) is 11.3 Å². The Morgan fingerprint density at radius 2 is 2.17 bits per heavy atom. The zero-order valence-corrected chi connectivity index (χ0v) is 10.3. The fourth-order valence-electron chi connectivity index (χ4n) is 1.16. The molecule has 0 spiro atoms. The second-order valence-corrected chi connectivity index (χ2v) is 5.01. The summed E-state index contributed by atoms with van der Waals surface area (Å²) < 4.78 is 47.4. The van der Waals surface area contributed by atoms with Gasteiger partial charge in [-0.25, -0.2) is 0 Å². The number of hydrogen-bond acceptors (Lipinski definition) is 2. The molecule has 1 aromatic rings. The number of halogens is 3. The van der Waals surface area contributed by atoms with Gasteiger partial charge < -0.3 is 4.55 Å². The monoisotopic (exact) mass is 278 g/mol. The molecule has 1 rings (SSSR count). The molecule has 0 bridgehead atoms. The van der Waals surface area contributed by atoms with Crippen LogP contribution in [0.5, 0.6) is 0 Å². The molecule has 0 saturated carbocycles.